The molecule has 1 heterocycles. The van der Waals surface area contributed by atoms with Crippen LogP contribution in [0.15, 0.2) is 66.7 Å². The maximum atomic E-state index is 13.6. The summed E-state index contributed by atoms with van der Waals surface area (Å²) >= 11 is 0. The fourth-order valence-electron chi connectivity index (χ4n) is 5.18. The number of hydrogen-bond acceptors (Lipinski definition) is 10. The highest BCUT2D eigenvalue weighted by atomic mass is 19.4. The number of carbonyl (C=O) groups is 2. The number of nitro groups is 1. The van der Waals surface area contributed by atoms with Crippen molar-refractivity contribution >= 4 is 29.2 Å². The minimum atomic E-state index is -4.59. The molecule has 3 aromatic rings. The molecule has 3 aromatic carbocycles. The van der Waals surface area contributed by atoms with Gasteiger partial charge in [0.1, 0.15) is 30.7 Å². The molecule has 0 unspecified atom stereocenters. The van der Waals surface area contributed by atoms with Crippen molar-refractivity contribution in [2.75, 3.05) is 30.5 Å². The SMILES string of the molecule is CCCO[C@@H]1[C@@H](OCc2ccc(F)cc2)[C@H](OCC(C)C)O[C@H](COC(=O)Nc2ccc(C)c([N+](=O)[O-])c2)[C@H]1OC(=O)Nc1ccc(C(F)(F)F)cc1. The molecule has 0 radical (unpaired) electrons. The third-order valence-electron chi connectivity index (χ3n) is 7.79. The summed E-state index contributed by atoms with van der Waals surface area (Å²) in [5, 5.41) is 16.2. The lowest BCUT2D eigenvalue weighted by molar-refractivity contribution is -0.385. The van der Waals surface area contributed by atoms with Gasteiger partial charge in [-0.05, 0) is 67.3 Å². The molecule has 0 spiro atoms. The van der Waals surface area contributed by atoms with Crippen LogP contribution in [0.1, 0.15) is 43.9 Å². The second-order valence-corrected chi connectivity index (χ2v) is 12.6. The van der Waals surface area contributed by atoms with E-state index >= 15 is 0 Å². The number of nitrogens with one attached hydrogen (secondary N) is 2. The Bertz CT molecular complexity index is 1680. The molecular formula is C36H41F4N3O10. The second-order valence-electron chi connectivity index (χ2n) is 12.6. The molecule has 13 nitrogen and oxygen atoms in total. The minimum Gasteiger partial charge on any atom is -0.446 e. The predicted octanol–water partition coefficient (Wildman–Crippen LogP) is 8.01. The normalized spacial score (nSPS) is 20.1. The van der Waals surface area contributed by atoms with E-state index in [1.54, 1.807) is 6.92 Å². The summed E-state index contributed by atoms with van der Waals surface area (Å²) in [4.78, 5) is 37.0. The van der Waals surface area contributed by atoms with E-state index in [9.17, 15) is 37.3 Å². The van der Waals surface area contributed by atoms with Crippen molar-refractivity contribution in [1.29, 1.82) is 0 Å². The lowest BCUT2D eigenvalue weighted by Gasteiger charge is -2.45. The van der Waals surface area contributed by atoms with Gasteiger partial charge in [0.15, 0.2) is 12.4 Å². The van der Waals surface area contributed by atoms with Crippen molar-refractivity contribution in [2.24, 2.45) is 5.92 Å². The van der Waals surface area contributed by atoms with Crippen LogP contribution in [0.5, 0.6) is 0 Å². The van der Waals surface area contributed by atoms with Crippen LogP contribution in [0.25, 0.3) is 0 Å². The first-order valence-electron chi connectivity index (χ1n) is 16.7. The Kier molecular flexibility index (Phi) is 14.5. The second kappa shape index (κ2) is 18.8. The zero-order valence-corrected chi connectivity index (χ0v) is 29.4. The van der Waals surface area contributed by atoms with Crippen molar-refractivity contribution in [1.82, 2.24) is 0 Å². The fraction of sp³-hybridized carbons (Fsp3) is 0.444. The molecule has 0 aliphatic carbocycles. The molecule has 0 saturated carbocycles. The zero-order chi connectivity index (χ0) is 38.7. The highest BCUT2D eigenvalue weighted by molar-refractivity contribution is 5.85. The summed E-state index contributed by atoms with van der Waals surface area (Å²) in [5.74, 6) is -0.411. The Morgan fingerprint density at radius 2 is 1.57 bits per heavy atom. The molecular weight excluding hydrogens is 710 g/mol. The Morgan fingerprint density at radius 3 is 2.19 bits per heavy atom. The number of halogens is 4. The summed E-state index contributed by atoms with van der Waals surface area (Å²) in [6.07, 6.45) is -12.1. The maximum absolute atomic E-state index is 13.6. The number of aryl methyl sites for hydroxylation is 1. The third-order valence-corrected chi connectivity index (χ3v) is 7.79. The van der Waals surface area contributed by atoms with Gasteiger partial charge in [0.2, 0.25) is 0 Å². The first kappa shape index (κ1) is 40.9. The van der Waals surface area contributed by atoms with E-state index in [-0.39, 0.29) is 42.8 Å². The third kappa shape index (κ3) is 12.1. The van der Waals surface area contributed by atoms with Crippen LogP contribution in [-0.2, 0) is 41.2 Å². The molecule has 2 amide bonds. The largest absolute Gasteiger partial charge is 0.446 e. The van der Waals surface area contributed by atoms with Gasteiger partial charge in [0.25, 0.3) is 5.69 Å². The number of benzene rings is 3. The van der Waals surface area contributed by atoms with Crippen LogP contribution in [0.2, 0.25) is 0 Å². The molecule has 0 bridgehead atoms. The van der Waals surface area contributed by atoms with E-state index in [4.69, 9.17) is 28.4 Å². The molecule has 1 saturated heterocycles. The van der Waals surface area contributed by atoms with Crippen LogP contribution in [0, 0.1) is 28.8 Å². The van der Waals surface area contributed by atoms with Gasteiger partial charge in [-0.15, -0.1) is 0 Å². The fourth-order valence-corrected chi connectivity index (χ4v) is 5.18. The van der Waals surface area contributed by atoms with Crippen LogP contribution >= 0.6 is 0 Å². The molecule has 0 aromatic heterocycles. The molecule has 17 heteroatoms. The van der Waals surface area contributed by atoms with Crippen molar-refractivity contribution in [3.05, 3.63) is 99.4 Å². The number of alkyl halides is 3. The molecule has 4 rings (SSSR count). The van der Waals surface area contributed by atoms with Crippen LogP contribution in [0.3, 0.4) is 0 Å². The number of carbonyl (C=O) groups excluding carboxylic acids is 2. The van der Waals surface area contributed by atoms with Crippen LogP contribution in [-0.4, -0.2) is 67.6 Å². The number of nitro benzene ring substituents is 1. The maximum Gasteiger partial charge on any atom is 0.416 e. The number of rotatable bonds is 15. The van der Waals surface area contributed by atoms with E-state index in [0.29, 0.717) is 17.5 Å². The molecule has 1 fully saturated rings. The van der Waals surface area contributed by atoms with Gasteiger partial charge in [0.05, 0.1) is 29.4 Å². The number of amides is 2. The highest BCUT2D eigenvalue weighted by Gasteiger charge is 2.51. The molecule has 1 aliphatic heterocycles. The molecule has 53 heavy (non-hydrogen) atoms. The van der Waals surface area contributed by atoms with Crippen molar-refractivity contribution in [2.45, 2.75) is 77.6 Å². The Balaban J connectivity index is 1.61. The summed E-state index contributed by atoms with van der Waals surface area (Å²) in [7, 11) is 0. The summed E-state index contributed by atoms with van der Waals surface area (Å²) in [6.45, 7) is 6.93. The molecule has 5 atom stereocenters. The van der Waals surface area contributed by atoms with Gasteiger partial charge < -0.3 is 28.4 Å². The van der Waals surface area contributed by atoms with Crippen molar-refractivity contribution < 1.29 is 60.5 Å². The lowest BCUT2D eigenvalue weighted by Crippen LogP contribution is -2.62. The number of anilines is 2. The van der Waals surface area contributed by atoms with Gasteiger partial charge in [-0.1, -0.05) is 39.0 Å². The quantitative estimate of drug-likeness (QED) is 0.0886. The first-order chi connectivity index (χ1) is 25.1. The van der Waals surface area contributed by atoms with Crippen molar-refractivity contribution in [3.63, 3.8) is 0 Å². The number of nitrogens with zero attached hydrogens (tertiary/aromatic N) is 1. The van der Waals surface area contributed by atoms with Gasteiger partial charge in [-0.2, -0.15) is 13.2 Å². The van der Waals surface area contributed by atoms with E-state index in [1.165, 1.54) is 42.5 Å². The average molecular weight is 752 g/mol. The van der Waals surface area contributed by atoms with Gasteiger partial charge in [-0.3, -0.25) is 20.7 Å². The van der Waals surface area contributed by atoms with Gasteiger partial charge in [0, 0.05) is 23.9 Å². The monoisotopic (exact) mass is 751 g/mol. The van der Waals surface area contributed by atoms with E-state index < -0.39 is 72.0 Å². The number of ether oxygens (including phenoxy) is 6. The Morgan fingerprint density at radius 1 is 0.906 bits per heavy atom. The topological polar surface area (TPSA) is 157 Å². The summed E-state index contributed by atoms with van der Waals surface area (Å²) in [6, 6.07) is 13.3. The standard InChI is InChI=1S/C36H41F4N3O10/c1-5-16-48-31-30(53-35(45)41-26-14-9-24(10-15-26)36(38,39)40)29(20-51-34(44)42-27-13-6-22(4)28(17-27)43(46)47)52-33(50-18-21(2)3)32(31)49-19-23-7-11-25(37)12-8-23/h6-15,17,21,29-33H,5,16,18-20H2,1-4H3,(H,41,45)(H,42,44)/t29-,30-,31+,32-,33-/m1/s1. The Labute approximate surface area is 303 Å². The Hall–Kier alpha value is -4.84. The lowest BCUT2D eigenvalue weighted by atomic mass is 9.98. The van der Waals surface area contributed by atoms with Crippen molar-refractivity contribution in [3.8, 4) is 0 Å². The summed E-state index contributed by atoms with van der Waals surface area (Å²) in [5.41, 5.74) is -0.0993. The minimum absolute atomic E-state index is 0.00706. The predicted molar refractivity (Wildman–Crippen MR) is 183 cm³/mol. The van der Waals surface area contributed by atoms with E-state index in [1.807, 2.05) is 20.8 Å². The van der Waals surface area contributed by atoms with E-state index in [0.717, 1.165) is 24.3 Å². The first-order valence-corrected chi connectivity index (χ1v) is 16.7. The van der Waals surface area contributed by atoms with Gasteiger partial charge >= 0.3 is 18.4 Å². The zero-order valence-electron chi connectivity index (χ0n) is 29.4. The smallest absolute Gasteiger partial charge is 0.416 e. The number of hydrogen-bond donors (Lipinski definition) is 2. The van der Waals surface area contributed by atoms with Crippen LogP contribution < -0.4 is 10.6 Å². The molecule has 288 valence electrons. The highest BCUT2D eigenvalue weighted by Crippen LogP contribution is 2.32. The molecule has 2 N–H and O–H groups in total. The van der Waals surface area contributed by atoms with Gasteiger partial charge in [-0.25, -0.2) is 14.0 Å². The van der Waals surface area contributed by atoms with Crippen LogP contribution in [0.4, 0.5) is 44.2 Å². The molecule has 1 aliphatic rings. The average Bonchev–Trinajstić information content (AvgIpc) is 3.10. The summed E-state index contributed by atoms with van der Waals surface area (Å²) < 4.78 is 88.9. The van der Waals surface area contributed by atoms with E-state index in [2.05, 4.69) is 10.6 Å².